The van der Waals surface area contributed by atoms with E-state index in [1.54, 1.807) is 7.11 Å². The van der Waals surface area contributed by atoms with Crippen LogP contribution in [0.3, 0.4) is 0 Å². The van der Waals surface area contributed by atoms with Crippen molar-refractivity contribution in [3.05, 3.63) is 28.2 Å². The number of anilines is 1. The Morgan fingerprint density at radius 1 is 1.53 bits per heavy atom. The number of hydrogen-bond acceptors (Lipinski definition) is 3. The molecule has 1 aliphatic rings. The molecule has 17 heavy (non-hydrogen) atoms. The summed E-state index contributed by atoms with van der Waals surface area (Å²) < 4.78 is 6.39. The van der Waals surface area contributed by atoms with Gasteiger partial charge in [-0.05, 0) is 47.0 Å². The van der Waals surface area contributed by atoms with Gasteiger partial charge < -0.3 is 9.64 Å². The molecule has 0 radical (unpaired) electrons. The third kappa shape index (κ3) is 2.87. The second kappa shape index (κ2) is 5.65. The van der Waals surface area contributed by atoms with Gasteiger partial charge in [-0.25, -0.2) is 0 Å². The Kier molecular flexibility index (Phi) is 4.18. The smallest absolute Gasteiger partial charge is 0.150 e. The predicted molar refractivity (Wildman–Crippen MR) is 71.8 cm³/mol. The second-order valence-electron chi connectivity index (χ2n) is 4.27. The molecule has 1 atom stereocenters. The predicted octanol–water partition coefficient (Wildman–Crippen LogP) is 2.88. The van der Waals surface area contributed by atoms with Crippen LogP contribution in [0.15, 0.2) is 22.7 Å². The average molecular weight is 298 g/mol. The molecule has 1 unspecified atom stereocenters. The summed E-state index contributed by atoms with van der Waals surface area (Å²) in [4.78, 5) is 13.0. The van der Waals surface area contributed by atoms with Crippen LogP contribution in [0.1, 0.15) is 23.2 Å². The molecule has 3 nitrogen and oxygen atoms in total. The van der Waals surface area contributed by atoms with Crippen LogP contribution in [0, 0.1) is 0 Å². The van der Waals surface area contributed by atoms with Gasteiger partial charge in [0.15, 0.2) is 0 Å². The SMILES string of the molecule is COC1CCCN(c2ccc(C=O)cc2Br)C1. The van der Waals surface area contributed by atoms with Crippen molar-refractivity contribution in [3.8, 4) is 0 Å². The van der Waals surface area contributed by atoms with Crippen LogP contribution < -0.4 is 4.90 Å². The summed E-state index contributed by atoms with van der Waals surface area (Å²) >= 11 is 3.52. The van der Waals surface area contributed by atoms with Gasteiger partial charge in [0.1, 0.15) is 6.29 Å². The van der Waals surface area contributed by atoms with Crippen molar-refractivity contribution in [2.75, 3.05) is 25.1 Å². The Morgan fingerprint density at radius 2 is 2.35 bits per heavy atom. The fourth-order valence-corrected chi connectivity index (χ4v) is 2.85. The summed E-state index contributed by atoms with van der Waals surface area (Å²) in [6, 6.07) is 5.70. The number of carbonyl (C=O) groups excluding carboxylic acids is 1. The number of benzene rings is 1. The first-order valence-electron chi connectivity index (χ1n) is 5.77. The fourth-order valence-electron chi connectivity index (χ4n) is 2.20. The summed E-state index contributed by atoms with van der Waals surface area (Å²) in [5.74, 6) is 0. The van der Waals surface area contributed by atoms with Crippen LogP contribution in [0.2, 0.25) is 0 Å². The molecule has 2 rings (SSSR count). The number of nitrogens with zero attached hydrogens (tertiary/aromatic N) is 1. The fraction of sp³-hybridized carbons (Fsp3) is 0.462. The number of carbonyl (C=O) groups is 1. The van der Waals surface area contributed by atoms with Gasteiger partial charge in [-0.1, -0.05) is 0 Å². The van der Waals surface area contributed by atoms with Gasteiger partial charge in [0.2, 0.25) is 0 Å². The van der Waals surface area contributed by atoms with Crippen molar-refractivity contribution in [1.82, 2.24) is 0 Å². The van der Waals surface area contributed by atoms with Crippen LogP contribution in [-0.2, 0) is 4.74 Å². The average Bonchev–Trinajstić information content (AvgIpc) is 2.38. The second-order valence-corrected chi connectivity index (χ2v) is 5.13. The quantitative estimate of drug-likeness (QED) is 0.804. The van der Waals surface area contributed by atoms with Gasteiger partial charge in [0.05, 0.1) is 11.8 Å². The molecule has 0 aliphatic carbocycles. The van der Waals surface area contributed by atoms with Gasteiger partial charge >= 0.3 is 0 Å². The maximum absolute atomic E-state index is 10.7. The first-order chi connectivity index (χ1) is 8.24. The Balaban J connectivity index is 2.18. The Bertz CT molecular complexity index is 408. The molecule has 0 N–H and O–H groups in total. The zero-order chi connectivity index (χ0) is 12.3. The van der Waals surface area contributed by atoms with E-state index in [9.17, 15) is 4.79 Å². The molecule has 1 aromatic rings. The molecule has 1 aromatic carbocycles. The lowest BCUT2D eigenvalue weighted by molar-refractivity contribution is 0.0893. The van der Waals surface area contributed by atoms with Gasteiger partial charge in [-0.3, -0.25) is 4.79 Å². The van der Waals surface area contributed by atoms with Gasteiger partial charge in [-0.15, -0.1) is 0 Å². The maximum atomic E-state index is 10.7. The highest BCUT2D eigenvalue weighted by Gasteiger charge is 2.20. The Hall–Kier alpha value is -0.870. The molecule has 0 bridgehead atoms. The van der Waals surface area contributed by atoms with Gasteiger partial charge in [0.25, 0.3) is 0 Å². The van der Waals surface area contributed by atoms with E-state index in [1.165, 1.54) is 0 Å². The summed E-state index contributed by atoms with van der Waals surface area (Å²) in [6.07, 6.45) is 3.43. The van der Waals surface area contributed by atoms with Gasteiger partial charge in [0, 0.05) is 30.2 Å². The largest absolute Gasteiger partial charge is 0.380 e. The van der Waals surface area contributed by atoms with Crippen molar-refractivity contribution in [2.45, 2.75) is 18.9 Å². The minimum absolute atomic E-state index is 0.307. The van der Waals surface area contributed by atoms with Crippen molar-refractivity contribution in [2.24, 2.45) is 0 Å². The molecule has 1 saturated heterocycles. The van der Waals surface area contributed by atoms with E-state index in [4.69, 9.17) is 4.74 Å². The first kappa shape index (κ1) is 12.6. The van der Waals surface area contributed by atoms with E-state index in [-0.39, 0.29) is 0 Å². The highest BCUT2D eigenvalue weighted by molar-refractivity contribution is 9.10. The molecule has 1 heterocycles. The lowest BCUT2D eigenvalue weighted by Gasteiger charge is -2.34. The van der Waals surface area contributed by atoms with E-state index in [2.05, 4.69) is 20.8 Å². The number of piperidine rings is 1. The number of rotatable bonds is 3. The van der Waals surface area contributed by atoms with Crippen LogP contribution in [0.25, 0.3) is 0 Å². The monoisotopic (exact) mass is 297 g/mol. The Labute approximate surface area is 110 Å². The van der Waals surface area contributed by atoms with Gasteiger partial charge in [-0.2, -0.15) is 0 Å². The lowest BCUT2D eigenvalue weighted by atomic mass is 10.1. The molecule has 92 valence electrons. The maximum Gasteiger partial charge on any atom is 0.150 e. The van der Waals surface area contributed by atoms with Crippen molar-refractivity contribution in [3.63, 3.8) is 0 Å². The molecule has 4 heteroatoms. The van der Waals surface area contributed by atoms with E-state index in [0.29, 0.717) is 11.7 Å². The molecule has 0 saturated carbocycles. The molecule has 1 fully saturated rings. The van der Waals surface area contributed by atoms with Crippen LogP contribution in [-0.4, -0.2) is 32.6 Å². The highest BCUT2D eigenvalue weighted by Crippen LogP contribution is 2.29. The van der Waals surface area contributed by atoms with Crippen LogP contribution in [0.4, 0.5) is 5.69 Å². The number of ether oxygens (including phenoxy) is 1. The molecule has 0 aromatic heterocycles. The number of methoxy groups -OCH3 is 1. The molecule has 1 aliphatic heterocycles. The van der Waals surface area contributed by atoms with E-state index < -0.39 is 0 Å². The summed E-state index contributed by atoms with van der Waals surface area (Å²) in [6.45, 7) is 1.95. The van der Waals surface area contributed by atoms with Crippen molar-refractivity contribution in [1.29, 1.82) is 0 Å². The minimum Gasteiger partial charge on any atom is -0.380 e. The lowest BCUT2D eigenvalue weighted by Crippen LogP contribution is -2.39. The number of hydrogen-bond donors (Lipinski definition) is 0. The third-order valence-corrected chi connectivity index (χ3v) is 3.80. The highest BCUT2D eigenvalue weighted by atomic mass is 79.9. The normalized spacial score (nSPS) is 20.4. The zero-order valence-electron chi connectivity index (χ0n) is 9.86. The van der Waals surface area contributed by atoms with E-state index in [0.717, 1.165) is 42.4 Å². The van der Waals surface area contributed by atoms with Crippen LogP contribution in [0.5, 0.6) is 0 Å². The van der Waals surface area contributed by atoms with E-state index in [1.807, 2.05) is 18.2 Å². The minimum atomic E-state index is 0.307. The molecule has 0 amide bonds. The summed E-state index contributed by atoms with van der Waals surface area (Å²) in [5.41, 5.74) is 1.83. The Morgan fingerprint density at radius 3 is 3.00 bits per heavy atom. The summed E-state index contributed by atoms with van der Waals surface area (Å²) in [7, 11) is 1.76. The molecular weight excluding hydrogens is 282 g/mol. The van der Waals surface area contributed by atoms with Crippen molar-refractivity contribution >= 4 is 27.9 Å². The third-order valence-electron chi connectivity index (χ3n) is 3.16. The molecule has 0 spiro atoms. The standard InChI is InChI=1S/C13H16BrNO2/c1-17-11-3-2-6-15(8-11)13-5-4-10(9-16)7-12(13)14/h4-5,7,9,11H,2-3,6,8H2,1H3. The van der Waals surface area contributed by atoms with Crippen LogP contribution >= 0.6 is 15.9 Å². The number of aldehydes is 1. The zero-order valence-corrected chi connectivity index (χ0v) is 11.4. The first-order valence-corrected chi connectivity index (χ1v) is 6.56. The van der Waals surface area contributed by atoms with Crippen molar-refractivity contribution < 1.29 is 9.53 Å². The number of halogens is 1. The topological polar surface area (TPSA) is 29.5 Å². The molecular formula is C13H16BrNO2. The summed E-state index contributed by atoms with van der Waals surface area (Å²) in [5, 5.41) is 0. The van der Waals surface area contributed by atoms with E-state index >= 15 is 0 Å².